The minimum Gasteiger partial charge on any atom is -0.507 e. The van der Waals surface area contributed by atoms with Crippen molar-refractivity contribution in [1.29, 1.82) is 0 Å². The molecule has 0 radical (unpaired) electrons. The average molecular weight is 336 g/mol. The van der Waals surface area contributed by atoms with E-state index < -0.39 is 0 Å². The zero-order valence-electron chi connectivity index (χ0n) is 14.0. The van der Waals surface area contributed by atoms with E-state index in [0.29, 0.717) is 28.7 Å². The van der Waals surface area contributed by atoms with Crippen molar-refractivity contribution < 1.29 is 9.90 Å². The quantitative estimate of drug-likeness (QED) is 0.729. The monoisotopic (exact) mass is 336 g/mol. The molecule has 3 N–H and O–H groups in total. The molecular formula is C19H20N4O2. The molecule has 2 aromatic rings. The lowest BCUT2D eigenvalue weighted by molar-refractivity contribution is -0.115. The molecule has 6 nitrogen and oxygen atoms in total. The van der Waals surface area contributed by atoms with Gasteiger partial charge in [0.15, 0.2) is 5.82 Å². The molecule has 1 amide bonds. The summed E-state index contributed by atoms with van der Waals surface area (Å²) in [7, 11) is 0. The number of nitrogens with zero attached hydrogens (tertiary/aromatic N) is 2. The summed E-state index contributed by atoms with van der Waals surface area (Å²) in [4.78, 5) is 11.9. The summed E-state index contributed by atoms with van der Waals surface area (Å²) in [5.74, 6) is 2.77. The molecule has 3 rings (SSSR count). The van der Waals surface area contributed by atoms with Crippen LogP contribution in [0, 0.1) is 19.3 Å². The molecule has 0 unspecified atom stereocenters. The molecule has 0 atom stereocenters. The SMILES string of the molecule is C#Cc1ccc(-c2nnc(NC(=O)CNC3CCC3)cc2C)c(O)c1. The topological polar surface area (TPSA) is 87.1 Å². The molecule has 25 heavy (non-hydrogen) atoms. The van der Waals surface area contributed by atoms with Gasteiger partial charge in [-0.15, -0.1) is 16.6 Å². The van der Waals surface area contributed by atoms with E-state index in [-0.39, 0.29) is 18.2 Å². The summed E-state index contributed by atoms with van der Waals surface area (Å²) in [5.41, 5.74) is 2.48. The van der Waals surface area contributed by atoms with Gasteiger partial charge < -0.3 is 15.7 Å². The van der Waals surface area contributed by atoms with Crippen LogP contribution in [0.4, 0.5) is 5.82 Å². The number of hydrogen-bond acceptors (Lipinski definition) is 5. The fourth-order valence-electron chi connectivity index (χ4n) is 2.67. The highest BCUT2D eigenvalue weighted by molar-refractivity contribution is 5.91. The predicted octanol–water partition coefficient (Wildman–Crippen LogP) is 2.22. The molecule has 0 spiro atoms. The van der Waals surface area contributed by atoms with E-state index in [0.717, 1.165) is 18.4 Å². The molecular weight excluding hydrogens is 316 g/mol. The third kappa shape index (κ3) is 3.95. The van der Waals surface area contributed by atoms with Crippen LogP contribution in [-0.2, 0) is 4.79 Å². The lowest BCUT2D eigenvalue weighted by Gasteiger charge is -2.26. The van der Waals surface area contributed by atoms with E-state index in [1.165, 1.54) is 12.5 Å². The normalized spacial score (nSPS) is 13.8. The maximum absolute atomic E-state index is 11.9. The zero-order valence-corrected chi connectivity index (χ0v) is 14.0. The van der Waals surface area contributed by atoms with E-state index >= 15 is 0 Å². The van der Waals surface area contributed by atoms with Crippen LogP contribution in [0.3, 0.4) is 0 Å². The number of carbonyl (C=O) groups is 1. The van der Waals surface area contributed by atoms with Gasteiger partial charge in [0.1, 0.15) is 5.75 Å². The van der Waals surface area contributed by atoms with E-state index in [1.54, 1.807) is 18.2 Å². The fourth-order valence-corrected chi connectivity index (χ4v) is 2.67. The molecule has 1 aliphatic rings. The Labute approximate surface area is 146 Å². The molecule has 1 aromatic carbocycles. The maximum Gasteiger partial charge on any atom is 0.239 e. The Kier molecular flexibility index (Phi) is 4.96. The number of aryl methyl sites for hydroxylation is 1. The van der Waals surface area contributed by atoms with Gasteiger partial charge in [-0.25, -0.2) is 0 Å². The maximum atomic E-state index is 11.9. The molecule has 1 aromatic heterocycles. The van der Waals surface area contributed by atoms with Crippen LogP contribution < -0.4 is 10.6 Å². The van der Waals surface area contributed by atoms with Crippen molar-refractivity contribution in [3.05, 3.63) is 35.4 Å². The zero-order chi connectivity index (χ0) is 17.8. The third-order valence-electron chi connectivity index (χ3n) is 4.33. The molecule has 0 aliphatic heterocycles. The van der Waals surface area contributed by atoms with Gasteiger partial charge in [-0.3, -0.25) is 4.79 Å². The van der Waals surface area contributed by atoms with Crippen LogP contribution in [0.25, 0.3) is 11.3 Å². The van der Waals surface area contributed by atoms with Gasteiger partial charge in [0.25, 0.3) is 0 Å². The van der Waals surface area contributed by atoms with Gasteiger partial charge in [0, 0.05) is 17.2 Å². The third-order valence-corrected chi connectivity index (χ3v) is 4.33. The van der Waals surface area contributed by atoms with Crippen LogP contribution in [-0.4, -0.2) is 33.8 Å². The number of carbonyl (C=O) groups excluding carboxylic acids is 1. The van der Waals surface area contributed by atoms with Crippen LogP contribution >= 0.6 is 0 Å². The average Bonchev–Trinajstić information content (AvgIpc) is 2.54. The number of aromatic nitrogens is 2. The number of phenolic OH excluding ortho intramolecular Hbond substituents is 1. The minimum atomic E-state index is -0.144. The summed E-state index contributed by atoms with van der Waals surface area (Å²) in [6.45, 7) is 2.11. The van der Waals surface area contributed by atoms with Crippen molar-refractivity contribution in [1.82, 2.24) is 15.5 Å². The second-order valence-corrected chi connectivity index (χ2v) is 6.19. The van der Waals surface area contributed by atoms with Gasteiger partial charge in [-0.2, -0.15) is 0 Å². The van der Waals surface area contributed by atoms with E-state index in [1.807, 2.05) is 6.92 Å². The summed E-state index contributed by atoms with van der Waals surface area (Å²) in [5, 5.41) is 24.2. The molecule has 1 aliphatic carbocycles. The lowest BCUT2D eigenvalue weighted by Crippen LogP contribution is -2.40. The Bertz CT molecular complexity index is 838. The molecule has 1 saturated carbocycles. The number of amides is 1. The standard InChI is InChI=1S/C19H20N4O2/c1-3-13-7-8-15(16(24)10-13)19-12(2)9-17(22-23-19)21-18(25)11-20-14-5-4-6-14/h1,7-10,14,20,24H,4-6,11H2,2H3,(H,21,22,25). The smallest absolute Gasteiger partial charge is 0.239 e. The van der Waals surface area contributed by atoms with Crippen LogP contribution in [0.15, 0.2) is 24.3 Å². The first-order valence-corrected chi connectivity index (χ1v) is 8.24. The predicted molar refractivity (Wildman–Crippen MR) is 96.1 cm³/mol. The number of terminal acetylenes is 1. The number of aromatic hydroxyl groups is 1. The highest BCUT2D eigenvalue weighted by Crippen LogP contribution is 2.30. The second-order valence-electron chi connectivity index (χ2n) is 6.19. The first kappa shape index (κ1) is 16.9. The Morgan fingerprint density at radius 2 is 2.16 bits per heavy atom. The van der Waals surface area contributed by atoms with Crippen molar-refractivity contribution in [2.75, 3.05) is 11.9 Å². The first-order valence-electron chi connectivity index (χ1n) is 8.24. The van der Waals surface area contributed by atoms with Gasteiger partial charge in [0.2, 0.25) is 5.91 Å². The Morgan fingerprint density at radius 3 is 2.76 bits per heavy atom. The molecule has 6 heteroatoms. The number of benzene rings is 1. The van der Waals surface area contributed by atoms with Crippen molar-refractivity contribution in [2.45, 2.75) is 32.2 Å². The summed E-state index contributed by atoms with van der Waals surface area (Å²) in [6, 6.07) is 7.14. The molecule has 1 fully saturated rings. The van der Waals surface area contributed by atoms with Crippen molar-refractivity contribution in [3.63, 3.8) is 0 Å². The van der Waals surface area contributed by atoms with Gasteiger partial charge >= 0.3 is 0 Å². The summed E-state index contributed by atoms with van der Waals surface area (Å²) in [6.07, 6.45) is 8.80. The Balaban J connectivity index is 1.70. The highest BCUT2D eigenvalue weighted by Gasteiger charge is 2.18. The largest absolute Gasteiger partial charge is 0.507 e. The Morgan fingerprint density at radius 1 is 1.36 bits per heavy atom. The van der Waals surface area contributed by atoms with Crippen molar-refractivity contribution >= 4 is 11.7 Å². The Hall–Kier alpha value is -2.91. The molecule has 1 heterocycles. The van der Waals surface area contributed by atoms with Gasteiger partial charge in [-0.05, 0) is 49.6 Å². The van der Waals surface area contributed by atoms with Crippen LogP contribution in [0.1, 0.15) is 30.4 Å². The number of hydrogen-bond donors (Lipinski definition) is 3. The van der Waals surface area contributed by atoms with Gasteiger partial charge in [0.05, 0.1) is 12.2 Å². The molecule has 0 saturated heterocycles. The van der Waals surface area contributed by atoms with Gasteiger partial charge in [-0.1, -0.05) is 12.3 Å². The fraction of sp³-hybridized carbons (Fsp3) is 0.316. The second kappa shape index (κ2) is 7.32. The van der Waals surface area contributed by atoms with Crippen molar-refractivity contribution in [3.8, 4) is 29.4 Å². The lowest BCUT2D eigenvalue weighted by atomic mass is 9.93. The molecule has 0 bridgehead atoms. The first-order chi connectivity index (χ1) is 12.1. The van der Waals surface area contributed by atoms with E-state index in [2.05, 4.69) is 26.8 Å². The molecule has 128 valence electrons. The summed E-state index contributed by atoms with van der Waals surface area (Å²) >= 11 is 0. The van der Waals surface area contributed by atoms with Crippen LogP contribution in [0.5, 0.6) is 5.75 Å². The van der Waals surface area contributed by atoms with E-state index in [4.69, 9.17) is 6.42 Å². The number of phenols is 1. The van der Waals surface area contributed by atoms with Crippen LogP contribution in [0.2, 0.25) is 0 Å². The summed E-state index contributed by atoms with van der Waals surface area (Å²) < 4.78 is 0. The number of anilines is 1. The van der Waals surface area contributed by atoms with E-state index in [9.17, 15) is 9.90 Å². The minimum absolute atomic E-state index is 0.0503. The highest BCUT2D eigenvalue weighted by atomic mass is 16.3. The van der Waals surface area contributed by atoms with Crippen molar-refractivity contribution in [2.24, 2.45) is 0 Å². The number of rotatable bonds is 5. The number of nitrogens with one attached hydrogen (secondary N) is 2.